The number of hydrogen-bond acceptors (Lipinski definition) is 4. The number of aromatic nitrogens is 1. The van der Waals surface area contributed by atoms with Gasteiger partial charge in [-0.1, -0.05) is 0 Å². The normalized spacial score (nSPS) is 16.1. The number of rotatable bonds is 5. The highest BCUT2D eigenvalue weighted by molar-refractivity contribution is 7.89. The first-order chi connectivity index (χ1) is 7.63. The maximum atomic E-state index is 11.9. The van der Waals surface area contributed by atoms with E-state index < -0.39 is 10.0 Å². The van der Waals surface area contributed by atoms with Crippen molar-refractivity contribution < 1.29 is 8.42 Å². The van der Waals surface area contributed by atoms with E-state index in [1.165, 1.54) is 6.20 Å². The standard InChI is InChI=1S/C10H15N3O2S/c1-11-9-3-2-6-12-10(9)16(14,15)13-7-8-4-5-8/h2-3,6,8,11,13H,4-5,7H2,1H3. The van der Waals surface area contributed by atoms with Crippen LogP contribution in [0.1, 0.15) is 12.8 Å². The van der Waals surface area contributed by atoms with Gasteiger partial charge in [0, 0.05) is 19.8 Å². The van der Waals surface area contributed by atoms with Gasteiger partial charge in [-0.15, -0.1) is 0 Å². The largest absolute Gasteiger partial charge is 0.386 e. The molecule has 2 rings (SSSR count). The van der Waals surface area contributed by atoms with Crippen LogP contribution in [0.5, 0.6) is 0 Å². The second kappa shape index (κ2) is 4.39. The zero-order valence-electron chi connectivity index (χ0n) is 9.10. The summed E-state index contributed by atoms with van der Waals surface area (Å²) in [6.07, 6.45) is 3.71. The molecule has 88 valence electrons. The van der Waals surface area contributed by atoms with Crippen molar-refractivity contribution in [3.63, 3.8) is 0 Å². The Morgan fingerprint density at radius 3 is 2.88 bits per heavy atom. The summed E-state index contributed by atoms with van der Waals surface area (Å²) in [7, 11) is -1.80. The Hall–Kier alpha value is -1.14. The van der Waals surface area contributed by atoms with Crippen LogP contribution in [0.3, 0.4) is 0 Å². The molecule has 1 saturated carbocycles. The molecule has 16 heavy (non-hydrogen) atoms. The molecule has 1 aromatic heterocycles. The van der Waals surface area contributed by atoms with E-state index in [4.69, 9.17) is 0 Å². The van der Waals surface area contributed by atoms with Gasteiger partial charge in [0.15, 0.2) is 5.03 Å². The number of nitrogens with zero attached hydrogens (tertiary/aromatic N) is 1. The molecule has 1 aliphatic rings. The maximum Gasteiger partial charge on any atom is 0.260 e. The molecule has 0 radical (unpaired) electrons. The maximum absolute atomic E-state index is 11.9. The van der Waals surface area contributed by atoms with Crippen molar-refractivity contribution in [3.05, 3.63) is 18.3 Å². The molecule has 6 heteroatoms. The average Bonchev–Trinajstić information content (AvgIpc) is 3.10. The van der Waals surface area contributed by atoms with Crippen molar-refractivity contribution in [1.29, 1.82) is 0 Å². The van der Waals surface area contributed by atoms with Crippen LogP contribution in [0.25, 0.3) is 0 Å². The lowest BCUT2D eigenvalue weighted by Gasteiger charge is -2.09. The second-order valence-corrected chi connectivity index (χ2v) is 5.58. The third-order valence-corrected chi connectivity index (χ3v) is 3.94. The number of hydrogen-bond donors (Lipinski definition) is 2. The van der Waals surface area contributed by atoms with Crippen LogP contribution in [0, 0.1) is 5.92 Å². The lowest BCUT2D eigenvalue weighted by molar-refractivity contribution is 0.574. The number of anilines is 1. The van der Waals surface area contributed by atoms with E-state index >= 15 is 0 Å². The minimum Gasteiger partial charge on any atom is -0.386 e. The summed E-state index contributed by atoms with van der Waals surface area (Å²) in [5.41, 5.74) is 0.519. The third-order valence-electron chi connectivity index (χ3n) is 2.55. The average molecular weight is 241 g/mol. The number of sulfonamides is 1. The molecule has 5 nitrogen and oxygen atoms in total. The van der Waals surface area contributed by atoms with Crippen LogP contribution >= 0.6 is 0 Å². The quantitative estimate of drug-likeness (QED) is 0.800. The van der Waals surface area contributed by atoms with E-state index in [0.717, 1.165) is 12.8 Å². The minimum absolute atomic E-state index is 0.0677. The molecule has 0 atom stereocenters. The summed E-state index contributed by atoms with van der Waals surface area (Å²) < 4.78 is 26.4. The van der Waals surface area contributed by atoms with Gasteiger partial charge >= 0.3 is 0 Å². The fraction of sp³-hybridized carbons (Fsp3) is 0.500. The van der Waals surface area contributed by atoms with Crippen molar-refractivity contribution in [2.45, 2.75) is 17.9 Å². The van der Waals surface area contributed by atoms with Gasteiger partial charge in [0.1, 0.15) is 0 Å². The fourth-order valence-corrected chi connectivity index (χ4v) is 2.66. The Balaban J connectivity index is 2.19. The van der Waals surface area contributed by atoms with Crippen LogP contribution in [0.2, 0.25) is 0 Å². The molecule has 2 N–H and O–H groups in total. The first-order valence-electron chi connectivity index (χ1n) is 5.26. The van der Waals surface area contributed by atoms with E-state index in [9.17, 15) is 8.42 Å². The lowest BCUT2D eigenvalue weighted by atomic mass is 10.4. The Kier molecular flexibility index (Phi) is 3.11. The highest BCUT2D eigenvalue weighted by atomic mass is 32.2. The smallest absolute Gasteiger partial charge is 0.260 e. The summed E-state index contributed by atoms with van der Waals surface area (Å²) in [4.78, 5) is 3.91. The summed E-state index contributed by atoms with van der Waals surface area (Å²) in [6, 6.07) is 3.39. The molecule has 1 aliphatic carbocycles. The van der Waals surface area contributed by atoms with E-state index in [1.807, 2.05) is 0 Å². The van der Waals surface area contributed by atoms with E-state index in [1.54, 1.807) is 19.2 Å². The SMILES string of the molecule is CNc1cccnc1S(=O)(=O)NCC1CC1. The van der Waals surface area contributed by atoms with Gasteiger partial charge in [0.05, 0.1) is 5.69 Å². The number of nitrogens with one attached hydrogen (secondary N) is 2. The van der Waals surface area contributed by atoms with Gasteiger partial charge in [-0.25, -0.2) is 18.1 Å². The topological polar surface area (TPSA) is 71.1 Å². The fourth-order valence-electron chi connectivity index (χ4n) is 1.41. The van der Waals surface area contributed by atoms with Crippen LogP contribution in [-0.2, 0) is 10.0 Å². The van der Waals surface area contributed by atoms with Gasteiger partial charge in [-0.05, 0) is 30.9 Å². The first kappa shape index (κ1) is 11.3. The van der Waals surface area contributed by atoms with Crippen molar-refractivity contribution in [2.75, 3.05) is 18.9 Å². The molecule has 1 aromatic rings. The van der Waals surface area contributed by atoms with Crippen LogP contribution < -0.4 is 10.0 Å². The second-order valence-electron chi connectivity index (χ2n) is 3.90. The summed E-state index contributed by atoms with van der Waals surface area (Å²) >= 11 is 0. The van der Waals surface area contributed by atoms with Crippen molar-refractivity contribution in [2.24, 2.45) is 5.92 Å². The minimum atomic E-state index is -3.48. The predicted molar refractivity (Wildman–Crippen MR) is 61.7 cm³/mol. The Labute approximate surface area is 95.3 Å². The molecule has 0 spiro atoms. The van der Waals surface area contributed by atoms with Gasteiger partial charge in [0.25, 0.3) is 10.0 Å². The molecule has 0 saturated heterocycles. The van der Waals surface area contributed by atoms with Crippen molar-refractivity contribution in [1.82, 2.24) is 9.71 Å². The number of pyridine rings is 1. The van der Waals surface area contributed by atoms with Gasteiger partial charge in [0.2, 0.25) is 0 Å². The van der Waals surface area contributed by atoms with E-state index in [0.29, 0.717) is 18.2 Å². The molecular weight excluding hydrogens is 226 g/mol. The lowest BCUT2D eigenvalue weighted by Crippen LogP contribution is -2.27. The highest BCUT2D eigenvalue weighted by Gasteiger charge is 2.26. The molecule has 0 aliphatic heterocycles. The zero-order valence-corrected chi connectivity index (χ0v) is 9.92. The Morgan fingerprint density at radius 1 is 1.50 bits per heavy atom. The molecule has 1 heterocycles. The van der Waals surface area contributed by atoms with Gasteiger partial charge in [-0.2, -0.15) is 0 Å². The molecule has 0 aromatic carbocycles. The van der Waals surface area contributed by atoms with Crippen molar-refractivity contribution >= 4 is 15.7 Å². The summed E-state index contributed by atoms with van der Waals surface area (Å²) in [5, 5.41) is 2.89. The third kappa shape index (κ3) is 2.51. The summed E-state index contributed by atoms with van der Waals surface area (Å²) in [5.74, 6) is 0.511. The summed E-state index contributed by atoms with van der Waals surface area (Å²) in [6.45, 7) is 0.516. The van der Waals surface area contributed by atoms with Gasteiger partial charge in [-0.3, -0.25) is 0 Å². The van der Waals surface area contributed by atoms with Crippen LogP contribution in [0.15, 0.2) is 23.4 Å². The molecular formula is C10H15N3O2S. The molecule has 1 fully saturated rings. The Bertz CT molecular complexity index is 469. The van der Waals surface area contributed by atoms with Crippen LogP contribution in [0.4, 0.5) is 5.69 Å². The monoisotopic (exact) mass is 241 g/mol. The Morgan fingerprint density at radius 2 is 2.25 bits per heavy atom. The molecule has 0 bridgehead atoms. The van der Waals surface area contributed by atoms with E-state index in [-0.39, 0.29) is 5.03 Å². The predicted octanol–water partition coefficient (Wildman–Crippen LogP) is 0.812. The van der Waals surface area contributed by atoms with Crippen LogP contribution in [-0.4, -0.2) is 27.0 Å². The molecule has 0 amide bonds. The van der Waals surface area contributed by atoms with Crippen molar-refractivity contribution in [3.8, 4) is 0 Å². The zero-order chi connectivity index (χ0) is 11.6. The van der Waals surface area contributed by atoms with Gasteiger partial charge < -0.3 is 5.32 Å². The molecule has 0 unspecified atom stereocenters. The highest BCUT2D eigenvalue weighted by Crippen LogP contribution is 2.28. The first-order valence-corrected chi connectivity index (χ1v) is 6.74. The van der Waals surface area contributed by atoms with E-state index in [2.05, 4.69) is 15.0 Å².